The Kier molecular flexibility index (Phi) is 6.42. The molecule has 0 aliphatic carbocycles. The monoisotopic (exact) mass is 431 g/mol. The standard InChI is InChI=1S/C21H25N3O3S2/c1-4-18-12-17(13-22)21(28-18)23-20(25)16-7-9-24(10-8-16)29(26,27)19-6-5-14(2)15(3)11-19/h5-6,11-12,16H,4,7-10H2,1-3H3,(H,23,25). The number of nitrogens with one attached hydrogen (secondary N) is 1. The number of sulfonamides is 1. The summed E-state index contributed by atoms with van der Waals surface area (Å²) in [6, 6.07) is 9.09. The summed E-state index contributed by atoms with van der Waals surface area (Å²) >= 11 is 1.42. The molecule has 2 heterocycles. The van der Waals surface area contributed by atoms with E-state index in [0.29, 0.717) is 41.4 Å². The predicted octanol–water partition coefficient (Wildman–Crippen LogP) is 3.84. The van der Waals surface area contributed by atoms with Crippen molar-refractivity contribution in [3.8, 4) is 6.07 Å². The van der Waals surface area contributed by atoms with Gasteiger partial charge in [0.05, 0.1) is 10.5 Å². The molecule has 6 nitrogen and oxygen atoms in total. The van der Waals surface area contributed by atoms with Crippen LogP contribution in [-0.4, -0.2) is 31.7 Å². The van der Waals surface area contributed by atoms with Gasteiger partial charge < -0.3 is 5.32 Å². The third-order valence-electron chi connectivity index (χ3n) is 5.43. The van der Waals surface area contributed by atoms with Gasteiger partial charge in [-0.1, -0.05) is 13.0 Å². The van der Waals surface area contributed by atoms with Gasteiger partial charge in [0.2, 0.25) is 15.9 Å². The molecule has 0 radical (unpaired) electrons. The number of piperidine rings is 1. The van der Waals surface area contributed by atoms with E-state index in [4.69, 9.17) is 0 Å². The first kappa shape index (κ1) is 21.5. The Morgan fingerprint density at radius 3 is 2.52 bits per heavy atom. The number of anilines is 1. The van der Waals surface area contributed by atoms with Crippen LogP contribution < -0.4 is 5.32 Å². The molecule has 1 fully saturated rings. The second-order valence-electron chi connectivity index (χ2n) is 7.33. The van der Waals surface area contributed by atoms with Crippen molar-refractivity contribution >= 4 is 32.3 Å². The van der Waals surface area contributed by atoms with Gasteiger partial charge in [0, 0.05) is 23.9 Å². The zero-order valence-corrected chi connectivity index (χ0v) is 18.5. The van der Waals surface area contributed by atoms with Crippen LogP contribution in [0.1, 0.15) is 41.3 Å². The number of hydrogen-bond donors (Lipinski definition) is 1. The Hall–Kier alpha value is -2.21. The van der Waals surface area contributed by atoms with E-state index < -0.39 is 10.0 Å². The van der Waals surface area contributed by atoms with E-state index in [-0.39, 0.29) is 11.8 Å². The maximum absolute atomic E-state index is 12.9. The SMILES string of the molecule is CCc1cc(C#N)c(NC(=O)C2CCN(S(=O)(=O)c3ccc(C)c(C)c3)CC2)s1. The average molecular weight is 432 g/mol. The van der Waals surface area contributed by atoms with Crippen molar-refractivity contribution in [2.24, 2.45) is 5.92 Å². The highest BCUT2D eigenvalue weighted by molar-refractivity contribution is 7.89. The maximum atomic E-state index is 12.9. The van der Waals surface area contributed by atoms with E-state index in [1.165, 1.54) is 15.6 Å². The average Bonchev–Trinajstić information content (AvgIpc) is 3.12. The molecule has 1 N–H and O–H groups in total. The minimum atomic E-state index is -3.56. The fourth-order valence-corrected chi connectivity index (χ4v) is 5.89. The first-order valence-electron chi connectivity index (χ1n) is 9.67. The van der Waals surface area contributed by atoms with E-state index in [9.17, 15) is 18.5 Å². The number of carbonyl (C=O) groups is 1. The first-order chi connectivity index (χ1) is 13.8. The molecule has 1 aromatic carbocycles. The molecule has 1 amide bonds. The topological polar surface area (TPSA) is 90.3 Å². The third-order valence-corrected chi connectivity index (χ3v) is 8.52. The van der Waals surface area contributed by atoms with Crippen molar-refractivity contribution in [1.29, 1.82) is 5.26 Å². The van der Waals surface area contributed by atoms with Gasteiger partial charge in [-0.3, -0.25) is 4.79 Å². The molecule has 0 atom stereocenters. The lowest BCUT2D eigenvalue weighted by molar-refractivity contribution is -0.120. The molecule has 154 valence electrons. The van der Waals surface area contributed by atoms with E-state index in [0.717, 1.165) is 22.4 Å². The van der Waals surface area contributed by atoms with Gasteiger partial charge in [0.1, 0.15) is 11.1 Å². The minimum absolute atomic E-state index is 0.144. The molecule has 1 aliphatic rings. The van der Waals surface area contributed by atoms with Crippen LogP contribution in [0.15, 0.2) is 29.2 Å². The molecule has 0 unspecified atom stereocenters. The molecule has 8 heteroatoms. The summed E-state index contributed by atoms with van der Waals surface area (Å²) < 4.78 is 27.3. The summed E-state index contributed by atoms with van der Waals surface area (Å²) in [5.41, 5.74) is 2.47. The number of aryl methyl sites for hydroxylation is 3. The fourth-order valence-electron chi connectivity index (χ4n) is 3.39. The number of nitrogens with zero attached hydrogens (tertiary/aromatic N) is 2. The number of hydrogen-bond acceptors (Lipinski definition) is 5. The Balaban J connectivity index is 1.65. The number of amides is 1. The zero-order chi connectivity index (χ0) is 21.2. The summed E-state index contributed by atoms with van der Waals surface area (Å²) in [6.07, 6.45) is 1.73. The van der Waals surface area contributed by atoms with Crippen molar-refractivity contribution < 1.29 is 13.2 Å². The molecule has 1 saturated heterocycles. The Morgan fingerprint density at radius 2 is 1.93 bits per heavy atom. The van der Waals surface area contributed by atoms with Gasteiger partial charge in [-0.05, 0) is 62.4 Å². The zero-order valence-electron chi connectivity index (χ0n) is 16.9. The maximum Gasteiger partial charge on any atom is 0.243 e. The number of carbonyl (C=O) groups excluding carboxylic acids is 1. The number of thiophene rings is 1. The van der Waals surface area contributed by atoms with E-state index in [2.05, 4.69) is 11.4 Å². The Labute approximate surface area is 176 Å². The Morgan fingerprint density at radius 1 is 1.24 bits per heavy atom. The normalized spacial score (nSPS) is 15.8. The van der Waals surface area contributed by atoms with Gasteiger partial charge in [0.25, 0.3) is 0 Å². The van der Waals surface area contributed by atoms with Crippen molar-refractivity contribution in [1.82, 2.24) is 4.31 Å². The number of rotatable bonds is 5. The summed E-state index contributed by atoms with van der Waals surface area (Å²) in [4.78, 5) is 14.0. The number of nitriles is 1. The van der Waals surface area contributed by atoms with E-state index >= 15 is 0 Å². The van der Waals surface area contributed by atoms with Crippen LogP contribution in [0.25, 0.3) is 0 Å². The largest absolute Gasteiger partial charge is 0.316 e. The van der Waals surface area contributed by atoms with Gasteiger partial charge in [0.15, 0.2) is 0 Å². The van der Waals surface area contributed by atoms with Gasteiger partial charge >= 0.3 is 0 Å². The molecule has 29 heavy (non-hydrogen) atoms. The van der Waals surface area contributed by atoms with Crippen LogP contribution in [0, 0.1) is 31.1 Å². The van der Waals surface area contributed by atoms with Crippen LogP contribution in [0.2, 0.25) is 0 Å². The highest BCUT2D eigenvalue weighted by Crippen LogP contribution is 2.30. The summed E-state index contributed by atoms with van der Waals surface area (Å²) in [5.74, 6) is -0.408. The van der Waals surface area contributed by atoms with Crippen LogP contribution in [-0.2, 0) is 21.2 Å². The molecule has 1 aliphatic heterocycles. The third kappa shape index (κ3) is 4.53. The van der Waals surface area contributed by atoms with Gasteiger partial charge in [-0.2, -0.15) is 9.57 Å². The molecule has 2 aromatic rings. The van der Waals surface area contributed by atoms with Gasteiger partial charge in [-0.15, -0.1) is 11.3 Å². The smallest absolute Gasteiger partial charge is 0.243 e. The minimum Gasteiger partial charge on any atom is -0.316 e. The second-order valence-corrected chi connectivity index (χ2v) is 10.4. The lowest BCUT2D eigenvalue weighted by atomic mass is 9.97. The fraction of sp³-hybridized carbons (Fsp3) is 0.429. The van der Waals surface area contributed by atoms with E-state index in [1.807, 2.05) is 26.8 Å². The molecular formula is C21H25N3O3S2. The lowest BCUT2D eigenvalue weighted by Gasteiger charge is -2.30. The summed E-state index contributed by atoms with van der Waals surface area (Å²) in [6.45, 7) is 6.47. The van der Waals surface area contributed by atoms with Crippen LogP contribution in [0.3, 0.4) is 0 Å². The lowest BCUT2D eigenvalue weighted by Crippen LogP contribution is -2.41. The highest BCUT2D eigenvalue weighted by atomic mass is 32.2. The molecule has 0 bridgehead atoms. The van der Waals surface area contributed by atoms with Crippen molar-refractivity contribution in [2.45, 2.75) is 44.9 Å². The molecular weight excluding hydrogens is 406 g/mol. The second kappa shape index (κ2) is 8.66. The van der Waals surface area contributed by atoms with Crippen molar-refractivity contribution in [3.63, 3.8) is 0 Å². The molecule has 0 spiro atoms. The van der Waals surface area contributed by atoms with Crippen molar-refractivity contribution in [3.05, 3.63) is 45.8 Å². The molecule has 3 rings (SSSR count). The van der Waals surface area contributed by atoms with Crippen LogP contribution >= 0.6 is 11.3 Å². The van der Waals surface area contributed by atoms with Crippen molar-refractivity contribution in [2.75, 3.05) is 18.4 Å². The first-order valence-corrected chi connectivity index (χ1v) is 11.9. The molecule has 1 aromatic heterocycles. The predicted molar refractivity (Wildman–Crippen MR) is 114 cm³/mol. The number of benzene rings is 1. The summed E-state index contributed by atoms with van der Waals surface area (Å²) in [7, 11) is -3.56. The van der Waals surface area contributed by atoms with E-state index in [1.54, 1.807) is 18.2 Å². The highest BCUT2D eigenvalue weighted by Gasteiger charge is 2.32. The Bertz CT molecular complexity index is 1060. The molecule has 0 saturated carbocycles. The van der Waals surface area contributed by atoms with Crippen LogP contribution in [0.5, 0.6) is 0 Å². The quantitative estimate of drug-likeness (QED) is 0.779. The van der Waals surface area contributed by atoms with Crippen LogP contribution in [0.4, 0.5) is 5.00 Å². The van der Waals surface area contributed by atoms with Gasteiger partial charge in [-0.25, -0.2) is 8.42 Å². The summed E-state index contributed by atoms with van der Waals surface area (Å²) in [5, 5.41) is 12.7.